The van der Waals surface area contributed by atoms with Gasteiger partial charge in [0.05, 0.1) is 7.11 Å². The normalized spacial score (nSPS) is 15.7. The number of halogens is 1. The number of nitrogens with one attached hydrogen (secondary N) is 2. The molecule has 1 aliphatic rings. The van der Waals surface area contributed by atoms with Crippen molar-refractivity contribution in [3.05, 3.63) is 70.7 Å². The molecule has 0 saturated carbocycles. The molecule has 2 heterocycles. The third kappa shape index (κ3) is 3.31. The number of amides is 1. The molecule has 0 aliphatic carbocycles. The van der Waals surface area contributed by atoms with Crippen molar-refractivity contribution in [3.63, 3.8) is 0 Å². The number of rotatable bonds is 5. The summed E-state index contributed by atoms with van der Waals surface area (Å²) in [6.45, 7) is 2.18. The number of nitrogens with zero attached hydrogens (tertiary/aromatic N) is 1. The highest BCUT2D eigenvalue weighted by atomic mass is 19.1. The van der Waals surface area contributed by atoms with Gasteiger partial charge in [0, 0.05) is 29.2 Å². The summed E-state index contributed by atoms with van der Waals surface area (Å²) in [5, 5.41) is 9.93. The van der Waals surface area contributed by atoms with Gasteiger partial charge in [-0.15, -0.1) is 0 Å². The number of aromatic amines is 1. The molecule has 0 spiro atoms. The summed E-state index contributed by atoms with van der Waals surface area (Å²) in [5.41, 5.74) is 3.52. The van der Waals surface area contributed by atoms with Crippen LogP contribution in [-0.4, -0.2) is 23.2 Å². The Kier molecular flexibility index (Phi) is 4.73. The van der Waals surface area contributed by atoms with Gasteiger partial charge in [-0.25, -0.2) is 4.39 Å². The maximum absolute atomic E-state index is 13.2. The van der Waals surface area contributed by atoms with Gasteiger partial charge in [0.25, 0.3) is 0 Å². The predicted octanol–water partition coefficient (Wildman–Crippen LogP) is 3.92. The summed E-state index contributed by atoms with van der Waals surface area (Å²) < 4.78 is 24.7. The van der Waals surface area contributed by atoms with Crippen molar-refractivity contribution in [2.24, 2.45) is 0 Å². The van der Waals surface area contributed by atoms with Crippen molar-refractivity contribution in [1.82, 2.24) is 10.2 Å². The summed E-state index contributed by atoms with van der Waals surface area (Å²) in [6.07, 6.45) is 0.285. The van der Waals surface area contributed by atoms with E-state index in [0.717, 1.165) is 22.4 Å². The molecular weight excluding hydrogens is 361 g/mol. The molecule has 1 aliphatic heterocycles. The first-order valence-electron chi connectivity index (χ1n) is 8.95. The van der Waals surface area contributed by atoms with Crippen molar-refractivity contribution >= 4 is 11.7 Å². The lowest BCUT2D eigenvalue weighted by Crippen LogP contribution is -2.24. The number of aryl methyl sites for hydroxylation is 1. The number of hydrogen-bond acceptors (Lipinski definition) is 4. The van der Waals surface area contributed by atoms with Gasteiger partial charge in [0.15, 0.2) is 17.3 Å². The van der Waals surface area contributed by atoms with E-state index in [1.54, 1.807) is 19.2 Å². The summed E-state index contributed by atoms with van der Waals surface area (Å²) >= 11 is 0. The van der Waals surface area contributed by atoms with E-state index in [-0.39, 0.29) is 30.7 Å². The van der Waals surface area contributed by atoms with Gasteiger partial charge >= 0.3 is 0 Å². The Morgan fingerprint density at radius 2 is 2.00 bits per heavy atom. The number of carbonyl (C=O) groups is 1. The summed E-state index contributed by atoms with van der Waals surface area (Å²) in [6, 6.07) is 11.8. The molecule has 4 rings (SSSR count). The number of carbonyl (C=O) groups excluding carboxylic acids is 1. The van der Waals surface area contributed by atoms with E-state index >= 15 is 0 Å². The Morgan fingerprint density at radius 1 is 1.21 bits per heavy atom. The van der Waals surface area contributed by atoms with Crippen molar-refractivity contribution in [2.75, 3.05) is 12.4 Å². The van der Waals surface area contributed by atoms with Gasteiger partial charge in [-0.2, -0.15) is 5.10 Å². The summed E-state index contributed by atoms with van der Waals surface area (Å²) in [4.78, 5) is 12.2. The number of H-pyrrole nitrogens is 1. The van der Waals surface area contributed by atoms with Crippen LogP contribution < -0.4 is 14.8 Å². The van der Waals surface area contributed by atoms with E-state index < -0.39 is 0 Å². The number of fused-ring (bicyclic) bond motifs is 1. The number of aromatic nitrogens is 2. The van der Waals surface area contributed by atoms with Gasteiger partial charge in [0.1, 0.15) is 12.4 Å². The molecule has 2 N–H and O–H groups in total. The Morgan fingerprint density at radius 3 is 2.75 bits per heavy atom. The van der Waals surface area contributed by atoms with E-state index in [4.69, 9.17) is 9.47 Å². The van der Waals surface area contributed by atoms with E-state index in [2.05, 4.69) is 15.5 Å². The number of methoxy groups -OCH3 is 1. The van der Waals surface area contributed by atoms with Crippen LogP contribution in [0.1, 0.15) is 34.7 Å². The Balaban J connectivity index is 1.72. The molecule has 0 radical (unpaired) electrons. The molecule has 1 amide bonds. The number of benzene rings is 2. The molecule has 0 fully saturated rings. The Hall–Kier alpha value is -3.35. The zero-order valence-electron chi connectivity index (χ0n) is 15.6. The molecule has 1 aromatic heterocycles. The quantitative estimate of drug-likeness (QED) is 0.702. The van der Waals surface area contributed by atoms with Crippen molar-refractivity contribution in [2.45, 2.75) is 25.9 Å². The van der Waals surface area contributed by atoms with Crippen molar-refractivity contribution < 1.29 is 18.7 Å². The largest absolute Gasteiger partial charge is 0.493 e. The minimum atomic E-state index is -0.294. The third-order valence-corrected chi connectivity index (χ3v) is 4.89. The van der Waals surface area contributed by atoms with E-state index in [1.807, 2.05) is 25.1 Å². The Bertz CT molecular complexity index is 1010. The van der Waals surface area contributed by atoms with Gasteiger partial charge in [0.2, 0.25) is 5.91 Å². The lowest BCUT2D eigenvalue weighted by molar-refractivity contribution is -0.116. The molecule has 144 valence electrons. The second kappa shape index (κ2) is 7.34. The second-order valence-corrected chi connectivity index (χ2v) is 6.71. The monoisotopic (exact) mass is 381 g/mol. The van der Waals surface area contributed by atoms with E-state index in [0.29, 0.717) is 17.3 Å². The highest BCUT2D eigenvalue weighted by molar-refractivity contribution is 5.94. The number of anilines is 1. The van der Waals surface area contributed by atoms with Crippen LogP contribution in [0.3, 0.4) is 0 Å². The van der Waals surface area contributed by atoms with Crippen LogP contribution in [0, 0.1) is 12.7 Å². The fourth-order valence-corrected chi connectivity index (χ4v) is 3.55. The van der Waals surface area contributed by atoms with Crippen LogP contribution >= 0.6 is 0 Å². The molecular formula is C21H20FN3O3. The van der Waals surface area contributed by atoms with Crippen LogP contribution in [0.2, 0.25) is 0 Å². The third-order valence-electron chi connectivity index (χ3n) is 4.89. The molecule has 2 aromatic carbocycles. The summed E-state index contributed by atoms with van der Waals surface area (Å²) in [7, 11) is 1.58. The van der Waals surface area contributed by atoms with Crippen LogP contribution in [0.25, 0.3) is 0 Å². The number of hydrogen-bond donors (Lipinski definition) is 2. The molecule has 28 heavy (non-hydrogen) atoms. The zero-order valence-corrected chi connectivity index (χ0v) is 15.6. The fraction of sp³-hybridized carbons (Fsp3) is 0.238. The average molecular weight is 381 g/mol. The van der Waals surface area contributed by atoms with Crippen LogP contribution in [-0.2, 0) is 11.4 Å². The zero-order chi connectivity index (χ0) is 19.7. The van der Waals surface area contributed by atoms with E-state index in [1.165, 1.54) is 12.1 Å². The number of ether oxygens (including phenoxy) is 2. The SMILES string of the molecule is COc1cccc([C@@H]2CC(=O)Nc3n[nH]c(C)c32)c1OCc1ccc(F)cc1. The standard InChI is InChI=1S/C21H20FN3O3/c1-12-19-16(10-18(26)23-21(19)25-24-12)15-4-3-5-17(27-2)20(15)28-11-13-6-8-14(22)9-7-13/h3-9,16H,10-11H2,1-2H3,(H2,23,24,25,26)/t16-/m0/s1. The van der Waals surface area contributed by atoms with Crippen LogP contribution in [0.15, 0.2) is 42.5 Å². The smallest absolute Gasteiger partial charge is 0.226 e. The molecule has 7 heteroatoms. The maximum atomic E-state index is 13.2. The van der Waals surface area contributed by atoms with Crippen molar-refractivity contribution in [1.29, 1.82) is 0 Å². The predicted molar refractivity (Wildman–Crippen MR) is 102 cm³/mol. The van der Waals surface area contributed by atoms with Gasteiger partial charge < -0.3 is 14.8 Å². The first-order valence-corrected chi connectivity index (χ1v) is 8.95. The van der Waals surface area contributed by atoms with Crippen LogP contribution in [0.5, 0.6) is 11.5 Å². The molecule has 0 unspecified atom stereocenters. The highest BCUT2D eigenvalue weighted by Crippen LogP contribution is 2.44. The summed E-state index contributed by atoms with van der Waals surface area (Å²) in [5.74, 6) is 1.09. The average Bonchev–Trinajstić information content (AvgIpc) is 3.07. The first-order chi connectivity index (χ1) is 13.6. The van der Waals surface area contributed by atoms with E-state index in [9.17, 15) is 9.18 Å². The molecule has 0 bridgehead atoms. The van der Waals surface area contributed by atoms with Gasteiger partial charge in [-0.1, -0.05) is 24.3 Å². The minimum absolute atomic E-state index is 0.101. The van der Waals surface area contributed by atoms with Gasteiger partial charge in [-0.3, -0.25) is 9.89 Å². The Labute approximate surface area is 161 Å². The fourth-order valence-electron chi connectivity index (χ4n) is 3.55. The maximum Gasteiger partial charge on any atom is 0.226 e. The molecule has 1 atom stereocenters. The minimum Gasteiger partial charge on any atom is -0.493 e. The van der Waals surface area contributed by atoms with Gasteiger partial charge in [-0.05, 0) is 30.7 Å². The molecule has 0 saturated heterocycles. The molecule has 3 aromatic rings. The second-order valence-electron chi connectivity index (χ2n) is 6.71. The van der Waals surface area contributed by atoms with Crippen LogP contribution in [0.4, 0.5) is 10.2 Å². The topological polar surface area (TPSA) is 76.2 Å². The lowest BCUT2D eigenvalue weighted by Gasteiger charge is -2.25. The first kappa shape index (κ1) is 18.0. The number of para-hydroxylation sites is 1. The highest BCUT2D eigenvalue weighted by Gasteiger charge is 2.33. The molecule has 6 nitrogen and oxygen atoms in total. The lowest BCUT2D eigenvalue weighted by atomic mass is 9.85. The van der Waals surface area contributed by atoms with Crippen molar-refractivity contribution in [3.8, 4) is 11.5 Å².